The monoisotopic (exact) mass is 392 g/mol. The Hall–Kier alpha value is -3.09. The van der Waals surface area contributed by atoms with E-state index in [1.54, 1.807) is 0 Å². The van der Waals surface area contributed by atoms with E-state index in [-0.39, 0.29) is 12.5 Å². The van der Waals surface area contributed by atoms with Gasteiger partial charge in [-0.1, -0.05) is 24.3 Å². The van der Waals surface area contributed by atoms with Crippen LogP contribution in [-0.4, -0.2) is 67.6 Å². The molecule has 0 aliphatic carbocycles. The summed E-state index contributed by atoms with van der Waals surface area (Å²) in [5, 5.41) is 3.34. The van der Waals surface area contributed by atoms with Gasteiger partial charge in [0.2, 0.25) is 5.91 Å². The highest BCUT2D eigenvalue weighted by atomic mass is 16.2. The van der Waals surface area contributed by atoms with E-state index in [0.29, 0.717) is 0 Å². The molecule has 3 heterocycles. The predicted molar refractivity (Wildman–Crippen MR) is 117 cm³/mol. The van der Waals surface area contributed by atoms with Crippen LogP contribution in [0.4, 0.5) is 11.5 Å². The lowest BCUT2D eigenvalue weighted by Gasteiger charge is -2.37. The Morgan fingerprint density at radius 3 is 2.62 bits per heavy atom. The largest absolute Gasteiger partial charge is 0.357 e. The molecule has 7 nitrogen and oxygen atoms in total. The number of pyridine rings is 1. The fraction of sp³-hybridized carbons (Fsp3) is 0.409. The first-order valence-electron chi connectivity index (χ1n) is 10.3. The van der Waals surface area contributed by atoms with E-state index < -0.39 is 0 Å². The van der Waals surface area contributed by atoms with Crippen molar-refractivity contribution in [3.8, 4) is 0 Å². The van der Waals surface area contributed by atoms with Gasteiger partial charge in [-0.25, -0.2) is 9.98 Å². The number of carbonyl (C=O) groups excluding carboxylic acids is 1. The SMILES string of the molecule is CCNC(=NCC(=O)N1CCc2ccccc21)N1CCN(c2ccccn2)CC1. The minimum absolute atomic E-state index is 0.0532. The van der Waals surface area contributed by atoms with Crippen LogP contribution < -0.4 is 15.1 Å². The Balaban J connectivity index is 1.38. The van der Waals surface area contributed by atoms with Crippen LogP contribution in [0.5, 0.6) is 0 Å². The molecule has 1 saturated heterocycles. The quantitative estimate of drug-likeness (QED) is 0.635. The van der Waals surface area contributed by atoms with Gasteiger partial charge in [0, 0.05) is 51.2 Å². The molecular weight excluding hydrogens is 364 g/mol. The molecule has 0 bridgehead atoms. The summed E-state index contributed by atoms with van der Waals surface area (Å²) in [4.78, 5) is 28.3. The normalized spacial score (nSPS) is 16.7. The number of para-hydroxylation sites is 1. The molecule has 4 rings (SSSR count). The molecule has 0 spiro atoms. The topological polar surface area (TPSA) is 64.1 Å². The van der Waals surface area contributed by atoms with E-state index in [2.05, 4.69) is 38.1 Å². The smallest absolute Gasteiger partial charge is 0.248 e. The highest BCUT2D eigenvalue weighted by Crippen LogP contribution is 2.27. The maximum Gasteiger partial charge on any atom is 0.248 e. The Bertz CT molecular complexity index is 861. The molecule has 1 aromatic heterocycles. The second kappa shape index (κ2) is 8.94. The maximum absolute atomic E-state index is 12.8. The van der Waals surface area contributed by atoms with Gasteiger partial charge in [-0.3, -0.25) is 4.79 Å². The van der Waals surface area contributed by atoms with Gasteiger partial charge in [0.15, 0.2) is 5.96 Å². The predicted octanol–water partition coefficient (Wildman–Crippen LogP) is 1.76. The number of rotatable bonds is 4. The van der Waals surface area contributed by atoms with Gasteiger partial charge in [-0.05, 0) is 37.1 Å². The summed E-state index contributed by atoms with van der Waals surface area (Å²) in [5.74, 6) is 1.88. The standard InChI is InChI=1S/C22H28N6O/c1-2-23-22(27-15-13-26(14-16-27)20-9-5-6-11-24-20)25-17-21(29)28-12-10-18-7-3-4-8-19(18)28/h3-9,11H,2,10,12-17H2,1H3,(H,23,25). The number of hydrogen-bond donors (Lipinski definition) is 1. The molecule has 7 heteroatoms. The number of hydrogen-bond acceptors (Lipinski definition) is 4. The van der Waals surface area contributed by atoms with Crippen LogP contribution in [0.15, 0.2) is 53.7 Å². The first kappa shape index (κ1) is 19.2. The van der Waals surface area contributed by atoms with Crippen molar-refractivity contribution in [3.63, 3.8) is 0 Å². The molecule has 2 aromatic rings. The number of amides is 1. The van der Waals surface area contributed by atoms with E-state index in [9.17, 15) is 4.79 Å². The van der Waals surface area contributed by atoms with Gasteiger partial charge in [0.05, 0.1) is 0 Å². The van der Waals surface area contributed by atoms with Gasteiger partial charge in [-0.15, -0.1) is 0 Å². The molecule has 0 unspecified atom stereocenters. The number of fused-ring (bicyclic) bond motifs is 1. The summed E-state index contributed by atoms with van der Waals surface area (Å²) >= 11 is 0. The summed E-state index contributed by atoms with van der Waals surface area (Å²) in [5.41, 5.74) is 2.27. The van der Waals surface area contributed by atoms with Gasteiger partial charge in [-0.2, -0.15) is 0 Å². The minimum Gasteiger partial charge on any atom is -0.357 e. The number of aliphatic imine (C=N–C) groups is 1. The summed E-state index contributed by atoms with van der Waals surface area (Å²) in [6, 6.07) is 14.1. The Labute approximate surface area is 172 Å². The molecule has 1 aromatic carbocycles. The van der Waals surface area contributed by atoms with Crippen molar-refractivity contribution in [1.82, 2.24) is 15.2 Å². The van der Waals surface area contributed by atoms with Gasteiger partial charge in [0.25, 0.3) is 0 Å². The first-order valence-corrected chi connectivity index (χ1v) is 10.3. The van der Waals surface area contributed by atoms with E-state index in [1.807, 2.05) is 47.5 Å². The molecular formula is C22H28N6O. The van der Waals surface area contributed by atoms with E-state index in [0.717, 1.165) is 63.2 Å². The molecule has 1 amide bonds. The summed E-state index contributed by atoms with van der Waals surface area (Å²) < 4.78 is 0. The molecule has 0 radical (unpaired) electrons. The van der Waals surface area contributed by atoms with Crippen molar-refractivity contribution in [2.75, 3.05) is 55.6 Å². The van der Waals surface area contributed by atoms with Crippen LogP contribution in [-0.2, 0) is 11.2 Å². The Morgan fingerprint density at radius 1 is 1.07 bits per heavy atom. The van der Waals surface area contributed by atoms with Crippen molar-refractivity contribution in [1.29, 1.82) is 0 Å². The van der Waals surface area contributed by atoms with Crippen molar-refractivity contribution in [2.45, 2.75) is 13.3 Å². The fourth-order valence-electron chi connectivity index (χ4n) is 3.94. The molecule has 0 atom stereocenters. The lowest BCUT2D eigenvalue weighted by Crippen LogP contribution is -2.53. The average Bonchev–Trinajstić information content (AvgIpc) is 3.21. The van der Waals surface area contributed by atoms with E-state index in [4.69, 9.17) is 0 Å². The summed E-state index contributed by atoms with van der Waals surface area (Å²) in [7, 11) is 0. The lowest BCUT2D eigenvalue weighted by molar-refractivity contribution is -0.117. The van der Waals surface area contributed by atoms with Crippen LogP contribution in [0.1, 0.15) is 12.5 Å². The maximum atomic E-state index is 12.8. The molecule has 1 fully saturated rings. The van der Waals surface area contributed by atoms with Crippen LogP contribution in [0, 0.1) is 0 Å². The molecule has 29 heavy (non-hydrogen) atoms. The third kappa shape index (κ3) is 4.34. The molecule has 152 valence electrons. The van der Waals surface area contributed by atoms with Crippen LogP contribution >= 0.6 is 0 Å². The minimum atomic E-state index is 0.0532. The Morgan fingerprint density at radius 2 is 1.86 bits per heavy atom. The van der Waals surface area contributed by atoms with E-state index in [1.165, 1.54) is 5.56 Å². The molecule has 1 N–H and O–H groups in total. The third-order valence-electron chi connectivity index (χ3n) is 5.44. The van der Waals surface area contributed by atoms with Crippen molar-refractivity contribution >= 4 is 23.4 Å². The number of nitrogens with one attached hydrogen (secondary N) is 1. The zero-order valence-corrected chi connectivity index (χ0v) is 16.9. The second-order valence-corrected chi connectivity index (χ2v) is 7.26. The van der Waals surface area contributed by atoms with Crippen LogP contribution in [0.25, 0.3) is 0 Å². The zero-order chi connectivity index (χ0) is 20.1. The summed E-state index contributed by atoms with van der Waals surface area (Å²) in [6.07, 6.45) is 2.75. The molecule has 0 saturated carbocycles. The van der Waals surface area contributed by atoms with Crippen LogP contribution in [0.2, 0.25) is 0 Å². The van der Waals surface area contributed by atoms with Crippen LogP contribution in [0.3, 0.4) is 0 Å². The van der Waals surface area contributed by atoms with Crippen molar-refractivity contribution in [2.24, 2.45) is 4.99 Å². The first-order chi connectivity index (χ1) is 14.3. The number of anilines is 2. The van der Waals surface area contributed by atoms with Gasteiger partial charge >= 0.3 is 0 Å². The van der Waals surface area contributed by atoms with Gasteiger partial charge < -0.3 is 20.0 Å². The number of guanidine groups is 1. The fourth-order valence-corrected chi connectivity index (χ4v) is 3.94. The van der Waals surface area contributed by atoms with Gasteiger partial charge in [0.1, 0.15) is 12.4 Å². The molecule has 2 aliphatic rings. The average molecular weight is 393 g/mol. The highest BCUT2D eigenvalue weighted by Gasteiger charge is 2.25. The number of nitrogens with zero attached hydrogens (tertiary/aromatic N) is 5. The van der Waals surface area contributed by atoms with E-state index >= 15 is 0 Å². The highest BCUT2D eigenvalue weighted by molar-refractivity contribution is 5.98. The number of benzene rings is 1. The van der Waals surface area contributed by atoms with Crippen molar-refractivity contribution in [3.05, 3.63) is 54.2 Å². The number of aromatic nitrogens is 1. The zero-order valence-electron chi connectivity index (χ0n) is 16.9. The number of carbonyl (C=O) groups is 1. The third-order valence-corrected chi connectivity index (χ3v) is 5.44. The van der Waals surface area contributed by atoms with Crippen molar-refractivity contribution < 1.29 is 4.79 Å². The lowest BCUT2D eigenvalue weighted by atomic mass is 10.2. The number of piperazine rings is 1. The summed E-state index contributed by atoms with van der Waals surface area (Å²) in [6.45, 7) is 7.21. The Kier molecular flexibility index (Phi) is 5.93. The molecule has 2 aliphatic heterocycles. The second-order valence-electron chi connectivity index (χ2n) is 7.26.